The molecule has 1 saturated heterocycles. The summed E-state index contributed by atoms with van der Waals surface area (Å²) in [6.07, 6.45) is -0.00430. The first-order valence-electron chi connectivity index (χ1n) is 8.89. The molecule has 1 atom stereocenters. The third-order valence-corrected chi connectivity index (χ3v) is 6.25. The van der Waals surface area contributed by atoms with Gasteiger partial charge in [0, 0.05) is 11.4 Å². The van der Waals surface area contributed by atoms with Crippen LogP contribution >= 0.6 is 22.9 Å². The number of hydrogen-bond donors (Lipinski definition) is 3. The van der Waals surface area contributed by atoms with Gasteiger partial charge in [-0.3, -0.25) is 19.7 Å². The summed E-state index contributed by atoms with van der Waals surface area (Å²) in [7, 11) is 0. The highest BCUT2D eigenvalue weighted by atomic mass is 35.5. The van der Waals surface area contributed by atoms with Crippen LogP contribution in [0.4, 0.5) is 10.5 Å². The summed E-state index contributed by atoms with van der Waals surface area (Å²) in [4.78, 5) is 50.8. The van der Waals surface area contributed by atoms with Crippen LogP contribution in [0.2, 0.25) is 5.02 Å². The zero-order valence-corrected chi connectivity index (χ0v) is 16.9. The second kappa shape index (κ2) is 7.49. The number of urea groups is 1. The molecule has 3 N–H and O–H groups in total. The predicted octanol–water partition coefficient (Wildman–Crippen LogP) is 2.40. The Kier molecular flexibility index (Phi) is 5.01. The lowest BCUT2D eigenvalue weighted by atomic mass is 10.2. The lowest BCUT2D eigenvalue weighted by Gasteiger charge is -2.20. The number of benzene rings is 1. The van der Waals surface area contributed by atoms with Gasteiger partial charge in [-0.25, -0.2) is 4.79 Å². The maximum Gasteiger partial charge on any atom is 0.319 e. The zero-order chi connectivity index (χ0) is 20.7. The number of halogens is 1. The molecule has 10 heteroatoms. The largest absolute Gasteiger partial charge is 0.333 e. The quantitative estimate of drug-likeness (QED) is 0.645. The van der Waals surface area contributed by atoms with Crippen molar-refractivity contribution in [1.82, 2.24) is 15.5 Å². The van der Waals surface area contributed by atoms with Gasteiger partial charge in [-0.1, -0.05) is 17.7 Å². The van der Waals surface area contributed by atoms with Gasteiger partial charge in [0.1, 0.15) is 6.04 Å². The summed E-state index contributed by atoms with van der Waals surface area (Å²) in [5, 5.41) is 8.11. The molecule has 8 nitrogen and oxygen atoms in total. The number of nitrogens with zero attached hydrogens (tertiary/aromatic N) is 1. The summed E-state index contributed by atoms with van der Waals surface area (Å²) in [6.45, 7) is 2.44. The maximum absolute atomic E-state index is 12.6. The van der Waals surface area contributed by atoms with E-state index in [2.05, 4.69) is 16.0 Å². The number of nitrogens with one attached hydrogen (secondary N) is 3. The lowest BCUT2D eigenvalue weighted by Crippen LogP contribution is -2.40. The molecule has 0 saturated carbocycles. The summed E-state index contributed by atoms with van der Waals surface area (Å²) < 4.78 is 0. The van der Waals surface area contributed by atoms with Gasteiger partial charge in [0.15, 0.2) is 0 Å². The molecule has 150 valence electrons. The van der Waals surface area contributed by atoms with Gasteiger partial charge in [0.05, 0.1) is 28.6 Å². The Hall–Kier alpha value is -2.91. The van der Waals surface area contributed by atoms with Crippen LogP contribution < -0.4 is 16.0 Å². The number of fused-ring (bicyclic) bond motifs is 1. The van der Waals surface area contributed by atoms with Gasteiger partial charge in [-0.2, -0.15) is 0 Å². The predicted molar refractivity (Wildman–Crippen MR) is 108 cm³/mol. The normalized spacial score (nSPS) is 18.1. The third kappa shape index (κ3) is 3.83. The smallest absolute Gasteiger partial charge is 0.319 e. The van der Waals surface area contributed by atoms with Crippen LogP contribution in [0, 0.1) is 6.92 Å². The highest BCUT2D eigenvalue weighted by Crippen LogP contribution is 2.33. The van der Waals surface area contributed by atoms with Gasteiger partial charge >= 0.3 is 6.03 Å². The van der Waals surface area contributed by atoms with Crippen molar-refractivity contribution in [2.75, 3.05) is 5.32 Å². The molecule has 0 radical (unpaired) electrons. The van der Waals surface area contributed by atoms with Crippen LogP contribution in [-0.2, 0) is 22.7 Å². The van der Waals surface area contributed by atoms with Gasteiger partial charge in [0.2, 0.25) is 11.8 Å². The minimum absolute atomic E-state index is 0.00430. The Morgan fingerprint density at radius 2 is 2.10 bits per heavy atom. The second-order valence-electron chi connectivity index (χ2n) is 6.92. The minimum Gasteiger partial charge on any atom is -0.333 e. The molecular weight excluding hydrogens is 416 g/mol. The van der Waals surface area contributed by atoms with Crippen LogP contribution in [0.5, 0.6) is 0 Å². The van der Waals surface area contributed by atoms with E-state index < -0.39 is 18.0 Å². The molecule has 5 amide bonds. The summed E-state index contributed by atoms with van der Waals surface area (Å²) in [5.41, 5.74) is 2.30. The maximum atomic E-state index is 12.6. The van der Waals surface area contributed by atoms with Crippen LogP contribution in [0.25, 0.3) is 0 Å². The number of imide groups is 1. The molecule has 2 aliphatic rings. The number of aryl methyl sites for hydroxylation is 1. The van der Waals surface area contributed by atoms with Gasteiger partial charge in [0.25, 0.3) is 5.91 Å². The Morgan fingerprint density at radius 3 is 2.76 bits per heavy atom. The van der Waals surface area contributed by atoms with E-state index in [0.29, 0.717) is 15.6 Å². The Morgan fingerprint density at radius 1 is 1.31 bits per heavy atom. The van der Waals surface area contributed by atoms with Gasteiger partial charge < -0.3 is 15.5 Å². The summed E-state index contributed by atoms with van der Waals surface area (Å²) in [5.74, 6) is -1.07. The average molecular weight is 433 g/mol. The number of amides is 5. The van der Waals surface area contributed by atoms with Crippen LogP contribution in [0.1, 0.15) is 32.1 Å². The topological polar surface area (TPSA) is 108 Å². The van der Waals surface area contributed by atoms with Crippen LogP contribution in [0.15, 0.2) is 24.3 Å². The molecule has 29 heavy (non-hydrogen) atoms. The molecule has 1 aromatic carbocycles. The fraction of sp³-hybridized carbons (Fsp3) is 0.263. The first-order chi connectivity index (χ1) is 13.8. The van der Waals surface area contributed by atoms with E-state index in [0.717, 1.165) is 16.0 Å². The summed E-state index contributed by atoms with van der Waals surface area (Å²) in [6, 6.07) is 6.02. The molecule has 1 aromatic heterocycles. The van der Waals surface area contributed by atoms with Crippen molar-refractivity contribution in [1.29, 1.82) is 0 Å². The molecule has 0 bridgehead atoms. The van der Waals surface area contributed by atoms with Crippen LogP contribution in [0.3, 0.4) is 0 Å². The van der Waals surface area contributed by atoms with Crippen molar-refractivity contribution in [2.45, 2.75) is 32.5 Å². The first-order valence-corrected chi connectivity index (χ1v) is 10.1. The first kappa shape index (κ1) is 19.4. The SMILES string of the molecule is Cc1ccc(NC(=O)NCc2cc3c(s2)C(=O)N(C2CC(=O)NC2=O)C3)c(Cl)c1. The fourth-order valence-corrected chi connectivity index (χ4v) is 4.71. The van der Waals surface area contributed by atoms with Crippen molar-refractivity contribution < 1.29 is 19.2 Å². The Balaban J connectivity index is 1.36. The van der Waals surface area contributed by atoms with E-state index in [-0.39, 0.29) is 31.3 Å². The standard InChI is InChI=1S/C19H17ClN4O4S/c1-9-2-3-13(12(20)4-9)22-19(28)21-7-11-5-10-8-24(18(27)16(10)29-11)14-6-15(25)23-17(14)26/h2-5,14H,6-8H2,1H3,(H2,21,22,28)(H,23,25,26). The van der Waals surface area contributed by atoms with Crippen molar-refractivity contribution in [3.05, 3.63) is 50.2 Å². The van der Waals surface area contributed by atoms with Crippen LogP contribution in [-0.4, -0.2) is 34.7 Å². The number of carbonyl (C=O) groups is 4. The highest BCUT2D eigenvalue weighted by Gasteiger charge is 2.42. The van der Waals surface area contributed by atoms with Crippen molar-refractivity contribution >= 4 is 52.4 Å². The molecular formula is C19H17ClN4O4S. The molecule has 1 fully saturated rings. The molecule has 0 aliphatic carbocycles. The van der Waals surface area contributed by atoms with E-state index >= 15 is 0 Å². The zero-order valence-electron chi connectivity index (χ0n) is 15.4. The Labute approximate surface area is 175 Å². The fourth-order valence-electron chi connectivity index (χ4n) is 3.36. The molecule has 3 heterocycles. The molecule has 2 aromatic rings. The van der Waals surface area contributed by atoms with Crippen molar-refractivity contribution in [3.63, 3.8) is 0 Å². The lowest BCUT2D eigenvalue weighted by molar-refractivity contribution is -0.126. The van der Waals surface area contributed by atoms with E-state index in [4.69, 9.17) is 11.6 Å². The Bertz CT molecular complexity index is 1050. The van der Waals surface area contributed by atoms with Crippen molar-refractivity contribution in [3.8, 4) is 0 Å². The second-order valence-corrected chi connectivity index (χ2v) is 8.47. The average Bonchev–Trinajstić information content (AvgIpc) is 3.29. The number of carbonyl (C=O) groups excluding carboxylic acids is 4. The van der Waals surface area contributed by atoms with E-state index in [1.165, 1.54) is 16.2 Å². The number of hydrogen-bond acceptors (Lipinski definition) is 5. The van der Waals surface area contributed by atoms with Crippen molar-refractivity contribution in [2.24, 2.45) is 0 Å². The minimum atomic E-state index is -0.749. The monoisotopic (exact) mass is 432 g/mol. The number of rotatable bonds is 4. The molecule has 0 spiro atoms. The van der Waals surface area contributed by atoms with E-state index in [9.17, 15) is 19.2 Å². The van der Waals surface area contributed by atoms with E-state index in [1.54, 1.807) is 12.1 Å². The number of thiophene rings is 1. The molecule has 2 aliphatic heterocycles. The van der Waals surface area contributed by atoms with E-state index in [1.807, 2.05) is 19.1 Å². The molecule has 1 unspecified atom stereocenters. The van der Waals surface area contributed by atoms with Gasteiger partial charge in [-0.05, 0) is 36.2 Å². The third-order valence-electron chi connectivity index (χ3n) is 4.77. The highest BCUT2D eigenvalue weighted by molar-refractivity contribution is 7.14. The number of anilines is 1. The summed E-state index contributed by atoms with van der Waals surface area (Å²) >= 11 is 7.38. The van der Waals surface area contributed by atoms with Gasteiger partial charge in [-0.15, -0.1) is 11.3 Å². The molecule has 4 rings (SSSR count).